The van der Waals surface area contributed by atoms with Crippen molar-refractivity contribution < 1.29 is 13.9 Å². The van der Waals surface area contributed by atoms with E-state index in [1.54, 1.807) is 12.1 Å². The molecule has 0 aliphatic heterocycles. The van der Waals surface area contributed by atoms with E-state index < -0.39 is 6.10 Å². The van der Waals surface area contributed by atoms with Crippen molar-refractivity contribution in [3.05, 3.63) is 83.9 Å². The molecule has 1 aromatic heterocycles. The molecule has 1 atom stereocenters. The van der Waals surface area contributed by atoms with Gasteiger partial charge in [0.15, 0.2) is 0 Å². The third-order valence-electron chi connectivity index (χ3n) is 3.89. The minimum Gasteiger partial charge on any atom is -0.460 e. The third-order valence-corrected chi connectivity index (χ3v) is 3.89. The molecule has 0 saturated heterocycles. The quantitative estimate of drug-likeness (QED) is 0.736. The number of hydrogen-bond acceptors (Lipinski definition) is 3. The van der Waals surface area contributed by atoms with Crippen LogP contribution >= 0.6 is 0 Å². The van der Waals surface area contributed by atoms with Crippen LogP contribution in [-0.4, -0.2) is 23.6 Å². The number of nitrogens with zero attached hydrogens (tertiary/aromatic N) is 1. The molecule has 1 heterocycles. The van der Waals surface area contributed by atoms with E-state index in [1.807, 2.05) is 54.4 Å². The van der Waals surface area contributed by atoms with Crippen LogP contribution in [0, 0.1) is 5.82 Å². The smallest absolute Gasteiger partial charge is 0.134 e. The zero-order chi connectivity index (χ0) is 16.9. The van der Waals surface area contributed by atoms with Crippen LogP contribution in [0.25, 0.3) is 11.3 Å². The second-order valence-corrected chi connectivity index (χ2v) is 5.90. The van der Waals surface area contributed by atoms with E-state index in [-0.39, 0.29) is 5.82 Å². The number of furan rings is 1. The molecule has 0 aliphatic rings. The van der Waals surface area contributed by atoms with Gasteiger partial charge in [-0.2, -0.15) is 0 Å². The van der Waals surface area contributed by atoms with Gasteiger partial charge in [-0.3, -0.25) is 4.90 Å². The molecule has 0 spiro atoms. The standard InChI is InChI=1S/C20H20FNO2/c1-22(14-19(23)15-5-3-2-4-6-15)13-18-11-12-20(24-18)16-7-9-17(21)10-8-16/h2-12,19,23H,13-14H2,1H3. The molecule has 4 heteroatoms. The Bertz CT molecular complexity index is 768. The molecular weight excluding hydrogens is 305 g/mol. The molecule has 124 valence electrons. The summed E-state index contributed by atoms with van der Waals surface area (Å²) in [6.45, 7) is 1.10. The first-order valence-electron chi connectivity index (χ1n) is 7.88. The van der Waals surface area contributed by atoms with E-state index in [0.717, 1.165) is 16.9 Å². The first-order valence-corrected chi connectivity index (χ1v) is 7.88. The van der Waals surface area contributed by atoms with Gasteiger partial charge in [0.2, 0.25) is 0 Å². The summed E-state index contributed by atoms with van der Waals surface area (Å²) in [4.78, 5) is 2.00. The van der Waals surface area contributed by atoms with Crippen molar-refractivity contribution in [3.63, 3.8) is 0 Å². The number of likely N-dealkylation sites (N-methyl/N-ethyl adjacent to an activating group) is 1. The van der Waals surface area contributed by atoms with Crippen LogP contribution in [-0.2, 0) is 6.54 Å². The average Bonchev–Trinajstić information content (AvgIpc) is 3.04. The highest BCUT2D eigenvalue weighted by atomic mass is 19.1. The van der Waals surface area contributed by atoms with Gasteiger partial charge < -0.3 is 9.52 Å². The highest BCUT2D eigenvalue weighted by Crippen LogP contribution is 2.23. The number of rotatable bonds is 6. The fraction of sp³-hybridized carbons (Fsp3) is 0.200. The zero-order valence-electron chi connectivity index (χ0n) is 13.5. The summed E-state index contributed by atoms with van der Waals surface area (Å²) in [5.41, 5.74) is 1.74. The van der Waals surface area contributed by atoms with E-state index in [1.165, 1.54) is 12.1 Å². The molecule has 3 nitrogen and oxygen atoms in total. The molecule has 0 radical (unpaired) electrons. The first kappa shape index (κ1) is 16.4. The molecule has 3 aromatic rings. The van der Waals surface area contributed by atoms with Crippen LogP contribution in [0.2, 0.25) is 0 Å². The number of benzene rings is 2. The highest BCUT2D eigenvalue weighted by Gasteiger charge is 2.12. The second kappa shape index (κ2) is 7.43. The van der Waals surface area contributed by atoms with Crippen LogP contribution in [0.1, 0.15) is 17.4 Å². The van der Waals surface area contributed by atoms with Crippen molar-refractivity contribution in [2.24, 2.45) is 0 Å². The normalized spacial score (nSPS) is 12.5. The summed E-state index contributed by atoms with van der Waals surface area (Å²) < 4.78 is 18.8. The lowest BCUT2D eigenvalue weighted by atomic mass is 10.1. The lowest BCUT2D eigenvalue weighted by Gasteiger charge is -2.19. The van der Waals surface area contributed by atoms with Crippen LogP contribution in [0.5, 0.6) is 0 Å². The minimum absolute atomic E-state index is 0.264. The Kier molecular flexibility index (Phi) is 5.08. The van der Waals surface area contributed by atoms with Gasteiger partial charge in [0.1, 0.15) is 17.3 Å². The van der Waals surface area contributed by atoms with E-state index in [0.29, 0.717) is 18.8 Å². The summed E-state index contributed by atoms with van der Waals surface area (Å²) in [7, 11) is 1.94. The molecule has 0 bridgehead atoms. The number of halogens is 1. The van der Waals surface area contributed by atoms with Crippen LogP contribution in [0.4, 0.5) is 4.39 Å². The molecule has 0 amide bonds. The van der Waals surface area contributed by atoms with E-state index in [9.17, 15) is 9.50 Å². The van der Waals surface area contributed by atoms with Gasteiger partial charge in [0.05, 0.1) is 12.6 Å². The van der Waals surface area contributed by atoms with E-state index in [4.69, 9.17) is 4.42 Å². The number of aliphatic hydroxyl groups is 1. The van der Waals surface area contributed by atoms with Crippen LogP contribution in [0.15, 0.2) is 71.1 Å². The van der Waals surface area contributed by atoms with Crippen LogP contribution < -0.4 is 0 Å². The highest BCUT2D eigenvalue weighted by molar-refractivity contribution is 5.57. The zero-order valence-corrected chi connectivity index (χ0v) is 13.5. The van der Waals surface area contributed by atoms with Crippen molar-refractivity contribution in [3.8, 4) is 11.3 Å². The molecular formula is C20H20FNO2. The Morgan fingerprint density at radius 3 is 2.42 bits per heavy atom. The minimum atomic E-state index is -0.539. The molecule has 1 N–H and O–H groups in total. The maximum atomic E-state index is 13.0. The Morgan fingerprint density at radius 1 is 1.00 bits per heavy atom. The third kappa shape index (κ3) is 4.10. The summed E-state index contributed by atoms with van der Waals surface area (Å²) >= 11 is 0. The van der Waals surface area contributed by atoms with Gasteiger partial charge in [0.25, 0.3) is 0 Å². The number of aliphatic hydroxyl groups excluding tert-OH is 1. The molecule has 0 aliphatic carbocycles. The molecule has 0 fully saturated rings. The summed E-state index contributed by atoms with van der Waals surface area (Å²) in [5.74, 6) is 1.25. The fourth-order valence-electron chi connectivity index (χ4n) is 2.64. The van der Waals surface area contributed by atoms with Crippen molar-refractivity contribution in [1.29, 1.82) is 0 Å². The SMILES string of the molecule is CN(Cc1ccc(-c2ccc(F)cc2)o1)CC(O)c1ccccc1. The van der Waals surface area contributed by atoms with E-state index >= 15 is 0 Å². The Hall–Kier alpha value is -2.43. The monoisotopic (exact) mass is 325 g/mol. The predicted molar refractivity (Wildman–Crippen MR) is 91.8 cm³/mol. The lowest BCUT2D eigenvalue weighted by Crippen LogP contribution is -2.24. The Labute approximate surface area is 141 Å². The lowest BCUT2D eigenvalue weighted by molar-refractivity contribution is 0.120. The molecule has 0 saturated carbocycles. The Morgan fingerprint density at radius 2 is 1.71 bits per heavy atom. The molecule has 2 aromatic carbocycles. The van der Waals surface area contributed by atoms with Crippen molar-refractivity contribution in [2.75, 3.05) is 13.6 Å². The van der Waals surface area contributed by atoms with Crippen molar-refractivity contribution >= 4 is 0 Å². The largest absolute Gasteiger partial charge is 0.460 e. The van der Waals surface area contributed by atoms with Crippen molar-refractivity contribution in [2.45, 2.75) is 12.6 Å². The Balaban J connectivity index is 1.61. The van der Waals surface area contributed by atoms with Gasteiger partial charge in [0, 0.05) is 12.1 Å². The summed E-state index contributed by atoms with van der Waals surface area (Å²) in [6.07, 6.45) is -0.539. The molecule has 1 unspecified atom stereocenters. The first-order chi connectivity index (χ1) is 11.6. The maximum Gasteiger partial charge on any atom is 0.134 e. The van der Waals surface area contributed by atoms with Crippen molar-refractivity contribution in [1.82, 2.24) is 4.90 Å². The molecule has 24 heavy (non-hydrogen) atoms. The van der Waals surface area contributed by atoms with Gasteiger partial charge in [-0.15, -0.1) is 0 Å². The fourth-order valence-corrected chi connectivity index (χ4v) is 2.64. The predicted octanol–water partition coefficient (Wildman–Crippen LogP) is 4.25. The summed E-state index contributed by atoms with van der Waals surface area (Å²) in [6, 6.07) is 19.6. The molecule has 3 rings (SSSR count). The van der Waals surface area contributed by atoms with Gasteiger partial charge in [-0.05, 0) is 49.0 Å². The van der Waals surface area contributed by atoms with Gasteiger partial charge in [-0.1, -0.05) is 30.3 Å². The van der Waals surface area contributed by atoms with E-state index in [2.05, 4.69) is 0 Å². The average molecular weight is 325 g/mol. The van der Waals surface area contributed by atoms with Gasteiger partial charge >= 0.3 is 0 Å². The number of hydrogen-bond donors (Lipinski definition) is 1. The topological polar surface area (TPSA) is 36.6 Å². The van der Waals surface area contributed by atoms with Gasteiger partial charge in [-0.25, -0.2) is 4.39 Å². The maximum absolute atomic E-state index is 13.0. The van der Waals surface area contributed by atoms with Crippen LogP contribution in [0.3, 0.4) is 0 Å². The summed E-state index contributed by atoms with van der Waals surface area (Å²) in [5, 5.41) is 10.3. The second-order valence-electron chi connectivity index (χ2n) is 5.90.